The SMILES string of the molecule is CN(CCCn1ccnc1)c1cc(Cl)ccc1C#N. The number of hydrogen-bond acceptors (Lipinski definition) is 3. The standard InChI is InChI=1S/C14H15ClN4/c1-18(6-2-7-19-8-5-17-11-19)14-9-13(15)4-3-12(14)10-16/h3-5,8-9,11H,2,6-7H2,1H3. The van der Waals surface area contributed by atoms with Gasteiger partial charge in [-0.1, -0.05) is 11.6 Å². The van der Waals surface area contributed by atoms with Crippen LogP contribution in [0.4, 0.5) is 5.69 Å². The number of hydrogen-bond donors (Lipinski definition) is 0. The van der Waals surface area contributed by atoms with Gasteiger partial charge in [-0.25, -0.2) is 4.98 Å². The Morgan fingerprint density at radius 2 is 2.32 bits per heavy atom. The highest BCUT2D eigenvalue weighted by Crippen LogP contribution is 2.23. The van der Waals surface area contributed by atoms with Gasteiger partial charge in [0.15, 0.2) is 0 Å². The Hall–Kier alpha value is -1.99. The van der Waals surface area contributed by atoms with Crippen LogP contribution >= 0.6 is 11.6 Å². The van der Waals surface area contributed by atoms with Crippen LogP contribution in [0, 0.1) is 11.3 Å². The predicted molar refractivity (Wildman–Crippen MR) is 76.3 cm³/mol. The van der Waals surface area contributed by atoms with Crippen LogP contribution in [-0.2, 0) is 6.54 Å². The average Bonchev–Trinajstić information content (AvgIpc) is 2.91. The van der Waals surface area contributed by atoms with Crippen molar-refractivity contribution in [1.82, 2.24) is 9.55 Å². The van der Waals surface area contributed by atoms with Crippen LogP contribution in [0.15, 0.2) is 36.9 Å². The zero-order valence-corrected chi connectivity index (χ0v) is 11.5. The number of nitrogens with zero attached hydrogens (tertiary/aromatic N) is 4. The smallest absolute Gasteiger partial charge is 0.101 e. The highest BCUT2D eigenvalue weighted by molar-refractivity contribution is 6.30. The Morgan fingerprint density at radius 3 is 3.00 bits per heavy atom. The first-order valence-electron chi connectivity index (χ1n) is 6.07. The van der Waals surface area contributed by atoms with E-state index in [1.165, 1.54) is 0 Å². The summed E-state index contributed by atoms with van der Waals surface area (Å²) >= 11 is 5.98. The molecule has 0 aliphatic carbocycles. The van der Waals surface area contributed by atoms with Crippen LogP contribution in [0.25, 0.3) is 0 Å². The Labute approximate surface area is 117 Å². The van der Waals surface area contributed by atoms with E-state index in [0.29, 0.717) is 10.6 Å². The molecule has 0 unspecified atom stereocenters. The molecule has 0 saturated carbocycles. The van der Waals surface area contributed by atoms with Crippen LogP contribution < -0.4 is 4.90 Å². The number of benzene rings is 1. The molecule has 0 bridgehead atoms. The molecule has 1 heterocycles. The predicted octanol–water partition coefficient (Wildman–Crippen LogP) is 2.93. The first-order chi connectivity index (χ1) is 9.20. The second-order valence-corrected chi connectivity index (χ2v) is 4.79. The van der Waals surface area contributed by atoms with Gasteiger partial charge < -0.3 is 9.47 Å². The van der Waals surface area contributed by atoms with Crippen molar-refractivity contribution in [1.29, 1.82) is 5.26 Å². The van der Waals surface area contributed by atoms with Gasteiger partial charge >= 0.3 is 0 Å². The van der Waals surface area contributed by atoms with Crippen LogP contribution in [0.1, 0.15) is 12.0 Å². The highest BCUT2D eigenvalue weighted by atomic mass is 35.5. The Balaban J connectivity index is 1.98. The molecule has 0 amide bonds. The third-order valence-electron chi connectivity index (χ3n) is 2.96. The van der Waals surface area contributed by atoms with Gasteiger partial charge in [0, 0.05) is 37.6 Å². The van der Waals surface area contributed by atoms with Crippen LogP contribution in [-0.4, -0.2) is 23.1 Å². The van der Waals surface area contributed by atoms with Crippen molar-refractivity contribution < 1.29 is 0 Å². The van der Waals surface area contributed by atoms with Crippen molar-refractivity contribution in [2.75, 3.05) is 18.5 Å². The first-order valence-corrected chi connectivity index (χ1v) is 6.45. The van der Waals surface area contributed by atoms with E-state index >= 15 is 0 Å². The highest BCUT2D eigenvalue weighted by Gasteiger charge is 2.07. The third kappa shape index (κ3) is 3.49. The molecule has 0 spiro atoms. The molecule has 0 N–H and O–H groups in total. The van der Waals surface area contributed by atoms with Gasteiger partial charge in [0.1, 0.15) is 6.07 Å². The lowest BCUT2D eigenvalue weighted by Crippen LogP contribution is -2.20. The van der Waals surface area contributed by atoms with E-state index in [9.17, 15) is 0 Å². The lowest BCUT2D eigenvalue weighted by Gasteiger charge is -2.20. The topological polar surface area (TPSA) is 44.9 Å². The minimum atomic E-state index is 0.648. The van der Waals surface area contributed by atoms with E-state index in [0.717, 1.165) is 25.2 Å². The molecule has 0 aliphatic heterocycles. The molecule has 4 nitrogen and oxygen atoms in total. The summed E-state index contributed by atoms with van der Waals surface area (Å²) in [4.78, 5) is 6.06. The van der Waals surface area contributed by atoms with E-state index < -0.39 is 0 Å². The second-order valence-electron chi connectivity index (χ2n) is 4.35. The summed E-state index contributed by atoms with van der Waals surface area (Å²) in [7, 11) is 1.97. The van der Waals surface area contributed by atoms with Crippen LogP contribution in [0.2, 0.25) is 5.02 Å². The van der Waals surface area contributed by atoms with Crippen molar-refractivity contribution in [3.63, 3.8) is 0 Å². The number of halogens is 1. The van der Waals surface area contributed by atoms with E-state index in [1.54, 1.807) is 24.7 Å². The van der Waals surface area contributed by atoms with Gasteiger partial charge in [0.25, 0.3) is 0 Å². The molecule has 2 aromatic rings. The van der Waals surface area contributed by atoms with Crippen molar-refractivity contribution in [3.05, 3.63) is 47.5 Å². The van der Waals surface area contributed by atoms with E-state index in [2.05, 4.69) is 16.0 Å². The van der Waals surface area contributed by atoms with Crippen molar-refractivity contribution in [2.24, 2.45) is 0 Å². The van der Waals surface area contributed by atoms with Gasteiger partial charge in [0.05, 0.1) is 17.6 Å². The number of imidazole rings is 1. The number of rotatable bonds is 5. The Kier molecular flexibility index (Phi) is 4.43. The molecule has 1 aromatic heterocycles. The van der Waals surface area contributed by atoms with Gasteiger partial charge in [0.2, 0.25) is 0 Å². The molecule has 0 aliphatic rings. The average molecular weight is 275 g/mol. The number of anilines is 1. The molecule has 1 aromatic carbocycles. The summed E-state index contributed by atoms with van der Waals surface area (Å²) < 4.78 is 2.04. The Morgan fingerprint density at radius 1 is 1.47 bits per heavy atom. The fourth-order valence-corrected chi connectivity index (χ4v) is 2.11. The summed E-state index contributed by atoms with van der Waals surface area (Å²) in [5, 5.41) is 9.75. The van der Waals surface area contributed by atoms with E-state index in [4.69, 9.17) is 16.9 Å². The second kappa shape index (κ2) is 6.26. The Bertz CT molecular complexity index is 572. The monoisotopic (exact) mass is 274 g/mol. The largest absolute Gasteiger partial charge is 0.373 e. The molecular formula is C14H15ClN4. The molecule has 0 fully saturated rings. The fraction of sp³-hybridized carbons (Fsp3) is 0.286. The minimum Gasteiger partial charge on any atom is -0.373 e. The first kappa shape index (κ1) is 13.4. The minimum absolute atomic E-state index is 0.648. The molecule has 0 saturated heterocycles. The van der Waals surface area contributed by atoms with Gasteiger partial charge in [-0.2, -0.15) is 5.26 Å². The zero-order valence-electron chi connectivity index (χ0n) is 10.8. The number of nitriles is 1. The number of aromatic nitrogens is 2. The summed E-state index contributed by atoms with van der Waals surface area (Å²) in [5.41, 5.74) is 1.52. The lowest BCUT2D eigenvalue weighted by molar-refractivity contribution is 0.637. The van der Waals surface area contributed by atoms with Gasteiger partial charge in [-0.3, -0.25) is 0 Å². The molecule has 98 valence electrons. The third-order valence-corrected chi connectivity index (χ3v) is 3.20. The molecular weight excluding hydrogens is 260 g/mol. The zero-order chi connectivity index (χ0) is 13.7. The van der Waals surface area contributed by atoms with Gasteiger partial charge in [-0.05, 0) is 24.6 Å². The molecule has 2 rings (SSSR count). The molecule has 5 heteroatoms. The maximum atomic E-state index is 9.10. The summed E-state index contributed by atoms with van der Waals surface area (Å²) in [6, 6.07) is 7.52. The maximum Gasteiger partial charge on any atom is 0.101 e. The van der Waals surface area contributed by atoms with Crippen molar-refractivity contribution >= 4 is 17.3 Å². The summed E-state index contributed by atoms with van der Waals surface area (Å²) in [6.07, 6.45) is 6.50. The van der Waals surface area contributed by atoms with E-state index in [1.807, 2.05) is 23.9 Å². The van der Waals surface area contributed by atoms with Crippen molar-refractivity contribution in [3.8, 4) is 6.07 Å². The maximum absolute atomic E-state index is 9.10. The van der Waals surface area contributed by atoms with Crippen LogP contribution in [0.3, 0.4) is 0 Å². The quantitative estimate of drug-likeness (QED) is 0.842. The molecule has 0 radical (unpaired) electrons. The van der Waals surface area contributed by atoms with Crippen LogP contribution in [0.5, 0.6) is 0 Å². The molecule has 0 atom stereocenters. The normalized spacial score (nSPS) is 10.2. The molecule has 19 heavy (non-hydrogen) atoms. The summed E-state index contributed by atoms with van der Waals surface area (Å²) in [6.45, 7) is 1.76. The van der Waals surface area contributed by atoms with Crippen molar-refractivity contribution in [2.45, 2.75) is 13.0 Å². The number of aryl methyl sites for hydroxylation is 1. The van der Waals surface area contributed by atoms with Gasteiger partial charge in [-0.15, -0.1) is 0 Å². The summed E-state index contributed by atoms with van der Waals surface area (Å²) in [5.74, 6) is 0. The lowest BCUT2D eigenvalue weighted by atomic mass is 10.1. The fourth-order valence-electron chi connectivity index (χ4n) is 1.95. The van der Waals surface area contributed by atoms with E-state index in [-0.39, 0.29) is 0 Å².